The largest absolute Gasteiger partial charge is 0.497 e. The normalized spacial score (nSPS) is 10.6. The molecule has 5 nitrogen and oxygen atoms in total. The van der Waals surface area contributed by atoms with E-state index in [0.29, 0.717) is 32.8 Å². The van der Waals surface area contributed by atoms with Crippen LogP contribution < -0.4 is 14.2 Å². The first-order valence-corrected chi connectivity index (χ1v) is 9.82. The first-order chi connectivity index (χ1) is 14.5. The van der Waals surface area contributed by atoms with E-state index in [0.717, 1.165) is 5.56 Å². The number of carbonyl (C=O) groups is 2. The molecule has 0 heterocycles. The molecular formula is C24H19BrO5. The van der Waals surface area contributed by atoms with Crippen LogP contribution in [-0.4, -0.2) is 26.0 Å². The van der Waals surface area contributed by atoms with Crippen LogP contribution in [0, 0.1) is 0 Å². The van der Waals surface area contributed by atoms with E-state index >= 15 is 0 Å². The summed E-state index contributed by atoms with van der Waals surface area (Å²) in [6, 6.07) is 18.8. The lowest BCUT2D eigenvalue weighted by molar-refractivity contribution is 0.0733. The van der Waals surface area contributed by atoms with Crippen LogP contribution in [0.3, 0.4) is 0 Å². The summed E-state index contributed by atoms with van der Waals surface area (Å²) in [5.41, 5.74) is 1.65. The predicted molar refractivity (Wildman–Crippen MR) is 118 cm³/mol. The predicted octanol–water partition coefficient (Wildman–Crippen LogP) is 5.58. The number of hydrogen-bond acceptors (Lipinski definition) is 5. The van der Waals surface area contributed by atoms with Crippen molar-refractivity contribution in [3.05, 3.63) is 94.0 Å². The van der Waals surface area contributed by atoms with Crippen LogP contribution in [0.4, 0.5) is 0 Å². The van der Waals surface area contributed by atoms with Crippen molar-refractivity contribution in [1.29, 1.82) is 0 Å². The van der Waals surface area contributed by atoms with Gasteiger partial charge in [-0.3, -0.25) is 4.79 Å². The maximum atomic E-state index is 12.5. The third-order valence-corrected chi connectivity index (χ3v) is 4.99. The molecular weight excluding hydrogens is 448 g/mol. The summed E-state index contributed by atoms with van der Waals surface area (Å²) < 4.78 is 16.5. The van der Waals surface area contributed by atoms with Crippen LogP contribution in [0.1, 0.15) is 26.3 Å². The minimum atomic E-state index is -0.479. The van der Waals surface area contributed by atoms with Crippen molar-refractivity contribution in [3.8, 4) is 17.2 Å². The number of ketones is 1. The zero-order valence-corrected chi connectivity index (χ0v) is 18.0. The lowest BCUT2D eigenvalue weighted by Gasteiger charge is -2.07. The molecule has 0 saturated heterocycles. The second-order valence-corrected chi connectivity index (χ2v) is 7.05. The van der Waals surface area contributed by atoms with E-state index in [1.54, 1.807) is 74.9 Å². The summed E-state index contributed by atoms with van der Waals surface area (Å²) in [4.78, 5) is 24.7. The van der Waals surface area contributed by atoms with Crippen molar-refractivity contribution in [3.63, 3.8) is 0 Å². The smallest absolute Gasteiger partial charge is 0.344 e. The third-order valence-electron chi connectivity index (χ3n) is 4.30. The Labute approximate surface area is 183 Å². The first-order valence-electron chi connectivity index (χ1n) is 9.03. The summed E-state index contributed by atoms with van der Waals surface area (Å²) in [6.45, 7) is 0. The van der Waals surface area contributed by atoms with Crippen LogP contribution in [0.15, 0.2) is 77.3 Å². The van der Waals surface area contributed by atoms with Crippen molar-refractivity contribution in [2.24, 2.45) is 0 Å². The van der Waals surface area contributed by atoms with Gasteiger partial charge in [0.2, 0.25) is 0 Å². The van der Waals surface area contributed by atoms with Gasteiger partial charge in [0.05, 0.1) is 19.8 Å². The second kappa shape index (κ2) is 9.89. The zero-order valence-electron chi connectivity index (χ0n) is 16.4. The molecule has 0 aromatic heterocycles. The molecule has 0 saturated carbocycles. The van der Waals surface area contributed by atoms with Gasteiger partial charge in [-0.25, -0.2) is 4.79 Å². The van der Waals surface area contributed by atoms with E-state index in [4.69, 9.17) is 14.2 Å². The van der Waals surface area contributed by atoms with Gasteiger partial charge < -0.3 is 14.2 Å². The summed E-state index contributed by atoms with van der Waals surface area (Å²) in [6.07, 6.45) is 3.15. The molecule has 0 N–H and O–H groups in total. The number of rotatable bonds is 7. The Balaban J connectivity index is 1.69. The van der Waals surface area contributed by atoms with Crippen molar-refractivity contribution in [2.75, 3.05) is 14.2 Å². The summed E-state index contributed by atoms with van der Waals surface area (Å²) in [5.74, 6) is 0.966. The van der Waals surface area contributed by atoms with E-state index in [-0.39, 0.29) is 5.78 Å². The standard InChI is InChI=1S/C24H19BrO5/c1-28-19-13-9-17(23(15-19)29-2)10-14-22(26)16-7-11-18(12-8-16)30-24(27)20-5-3-4-6-21(20)25/h3-15H,1-2H3. The van der Waals surface area contributed by atoms with Gasteiger partial charge in [-0.15, -0.1) is 0 Å². The summed E-state index contributed by atoms with van der Waals surface area (Å²) in [7, 11) is 3.13. The lowest BCUT2D eigenvalue weighted by Crippen LogP contribution is -2.09. The quantitative estimate of drug-likeness (QED) is 0.197. The number of halogens is 1. The Morgan fingerprint density at radius 3 is 2.23 bits per heavy atom. The van der Waals surface area contributed by atoms with Crippen LogP contribution in [0.2, 0.25) is 0 Å². The average molecular weight is 467 g/mol. The summed E-state index contributed by atoms with van der Waals surface area (Å²) >= 11 is 3.33. The maximum absolute atomic E-state index is 12.5. The van der Waals surface area contributed by atoms with Crippen LogP contribution in [0.25, 0.3) is 6.08 Å². The number of hydrogen-bond donors (Lipinski definition) is 0. The Morgan fingerprint density at radius 1 is 0.867 bits per heavy atom. The van der Waals surface area contributed by atoms with Gasteiger partial charge in [0.15, 0.2) is 5.78 Å². The molecule has 0 unspecified atom stereocenters. The molecule has 0 amide bonds. The Bertz CT molecular complexity index is 1090. The first kappa shape index (κ1) is 21.3. The molecule has 0 fully saturated rings. The highest BCUT2D eigenvalue weighted by molar-refractivity contribution is 9.10. The van der Waals surface area contributed by atoms with Crippen LogP contribution in [-0.2, 0) is 0 Å². The van der Waals surface area contributed by atoms with Gasteiger partial charge in [0, 0.05) is 21.7 Å². The Kier molecular flexibility index (Phi) is 7.03. The van der Waals surface area contributed by atoms with Crippen LogP contribution in [0.5, 0.6) is 17.2 Å². The molecule has 3 aromatic rings. The zero-order chi connectivity index (χ0) is 21.5. The average Bonchev–Trinajstić information content (AvgIpc) is 2.78. The van der Waals surface area contributed by atoms with Crippen molar-refractivity contribution in [1.82, 2.24) is 0 Å². The molecule has 0 radical (unpaired) electrons. The monoisotopic (exact) mass is 466 g/mol. The fourth-order valence-electron chi connectivity index (χ4n) is 2.69. The van der Waals surface area contributed by atoms with Gasteiger partial charge in [0.25, 0.3) is 0 Å². The van der Waals surface area contributed by atoms with Gasteiger partial charge in [-0.1, -0.05) is 12.1 Å². The molecule has 6 heteroatoms. The van der Waals surface area contributed by atoms with E-state index in [9.17, 15) is 9.59 Å². The SMILES string of the molecule is COc1ccc(C=CC(=O)c2ccc(OC(=O)c3ccccc3Br)cc2)c(OC)c1. The Morgan fingerprint density at radius 2 is 1.57 bits per heavy atom. The van der Waals surface area contributed by atoms with E-state index in [2.05, 4.69) is 15.9 Å². The van der Waals surface area contributed by atoms with Crippen LogP contribution >= 0.6 is 15.9 Å². The maximum Gasteiger partial charge on any atom is 0.344 e. The third kappa shape index (κ3) is 5.15. The number of allylic oxidation sites excluding steroid dienone is 1. The molecule has 152 valence electrons. The fourth-order valence-corrected chi connectivity index (χ4v) is 3.14. The lowest BCUT2D eigenvalue weighted by atomic mass is 10.1. The molecule has 3 aromatic carbocycles. The number of ether oxygens (including phenoxy) is 3. The molecule has 3 rings (SSSR count). The van der Waals surface area contributed by atoms with Gasteiger partial charge in [0.1, 0.15) is 17.2 Å². The highest BCUT2D eigenvalue weighted by atomic mass is 79.9. The second-order valence-electron chi connectivity index (χ2n) is 6.20. The molecule has 0 aliphatic carbocycles. The molecule has 0 atom stereocenters. The topological polar surface area (TPSA) is 61.8 Å². The van der Waals surface area contributed by atoms with Gasteiger partial charge in [-0.05, 0) is 76.6 Å². The van der Waals surface area contributed by atoms with Crippen molar-refractivity contribution < 1.29 is 23.8 Å². The minimum absolute atomic E-state index is 0.184. The van der Waals surface area contributed by atoms with E-state index < -0.39 is 5.97 Å². The Hall–Kier alpha value is -3.38. The molecule has 0 aliphatic rings. The molecule has 30 heavy (non-hydrogen) atoms. The van der Waals surface area contributed by atoms with Crippen molar-refractivity contribution in [2.45, 2.75) is 0 Å². The highest BCUT2D eigenvalue weighted by Crippen LogP contribution is 2.26. The molecule has 0 spiro atoms. The van der Waals surface area contributed by atoms with E-state index in [1.165, 1.54) is 6.08 Å². The van der Waals surface area contributed by atoms with Gasteiger partial charge >= 0.3 is 5.97 Å². The number of benzene rings is 3. The molecule has 0 bridgehead atoms. The number of carbonyl (C=O) groups excluding carboxylic acids is 2. The minimum Gasteiger partial charge on any atom is -0.497 e. The molecule has 0 aliphatic heterocycles. The number of methoxy groups -OCH3 is 2. The van der Waals surface area contributed by atoms with E-state index in [1.807, 2.05) is 12.1 Å². The summed E-state index contributed by atoms with van der Waals surface area (Å²) in [5, 5.41) is 0. The highest BCUT2D eigenvalue weighted by Gasteiger charge is 2.12. The fraction of sp³-hybridized carbons (Fsp3) is 0.0833. The van der Waals surface area contributed by atoms with Crippen molar-refractivity contribution >= 4 is 33.8 Å². The number of esters is 1. The van der Waals surface area contributed by atoms with Gasteiger partial charge in [-0.2, -0.15) is 0 Å².